The van der Waals surface area contributed by atoms with Crippen LogP contribution >= 0.6 is 23.4 Å². The number of hydrogen-bond acceptors (Lipinski definition) is 6. The van der Waals surface area contributed by atoms with Gasteiger partial charge in [0, 0.05) is 5.02 Å². The second-order valence-electron chi connectivity index (χ2n) is 6.46. The van der Waals surface area contributed by atoms with Crippen molar-refractivity contribution in [2.75, 3.05) is 0 Å². The monoisotopic (exact) mass is 412 g/mol. The molecule has 1 heterocycles. The molecule has 3 amide bonds. The summed E-state index contributed by atoms with van der Waals surface area (Å²) in [4.78, 5) is 40.7. The SMILES string of the molecule is CC(C)[C@@H](Sc1nc2cc(Cl)ccc2c(=O)n1C[C@@H](C)O)C(=O)NC(N)=O. The van der Waals surface area contributed by atoms with Gasteiger partial charge < -0.3 is 10.8 Å². The van der Waals surface area contributed by atoms with Gasteiger partial charge in [0.25, 0.3) is 5.56 Å². The molecule has 1 aromatic carbocycles. The van der Waals surface area contributed by atoms with Crippen molar-refractivity contribution in [3.63, 3.8) is 0 Å². The van der Waals surface area contributed by atoms with E-state index < -0.39 is 23.3 Å². The lowest BCUT2D eigenvalue weighted by molar-refractivity contribution is -0.120. The minimum absolute atomic E-state index is 0.00892. The number of aromatic nitrogens is 2. The Labute approximate surface area is 165 Å². The number of primary amides is 1. The Bertz CT molecular complexity index is 929. The topological polar surface area (TPSA) is 127 Å². The second kappa shape index (κ2) is 8.73. The summed E-state index contributed by atoms with van der Waals surface area (Å²) in [6, 6.07) is 3.76. The van der Waals surface area contributed by atoms with E-state index in [2.05, 4.69) is 10.3 Å². The number of nitrogens with zero attached hydrogens (tertiary/aromatic N) is 2. The zero-order valence-corrected chi connectivity index (χ0v) is 16.7. The molecule has 2 rings (SSSR count). The Hall–Kier alpha value is -2.10. The van der Waals surface area contributed by atoms with Crippen molar-refractivity contribution in [2.24, 2.45) is 11.7 Å². The third kappa shape index (κ3) is 5.21. The molecule has 2 aromatic rings. The molecule has 0 saturated carbocycles. The molecule has 2 atom stereocenters. The van der Waals surface area contributed by atoms with E-state index in [4.69, 9.17) is 17.3 Å². The fraction of sp³-hybridized carbons (Fsp3) is 0.412. The number of carbonyl (C=O) groups is 2. The van der Waals surface area contributed by atoms with Crippen molar-refractivity contribution < 1.29 is 14.7 Å². The number of nitrogens with two attached hydrogens (primary N) is 1. The zero-order valence-electron chi connectivity index (χ0n) is 15.1. The van der Waals surface area contributed by atoms with E-state index in [1.807, 2.05) is 0 Å². The lowest BCUT2D eigenvalue weighted by Gasteiger charge is -2.21. The lowest BCUT2D eigenvalue weighted by atomic mass is 10.1. The lowest BCUT2D eigenvalue weighted by Crippen LogP contribution is -2.42. The van der Waals surface area contributed by atoms with Crippen LogP contribution in [0.1, 0.15) is 20.8 Å². The molecule has 0 saturated heterocycles. The van der Waals surface area contributed by atoms with Gasteiger partial charge in [0.1, 0.15) is 0 Å². The minimum Gasteiger partial charge on any atom is -0.392 e. The van der Waals surface area contributed by atoms with Gasteiger partial charge in [0.05, 0.1) is 28.8 Å². The summed E-state index contributed by atoms with van der Waals surface area (Å²) in [6.07, 6.45) is -0.800. The van der Waals surface area contributed by atoms with Gasteiger partial charge in [0.2, 0.25) is 5.91 Å². The Morgan fingerprint density at radius 2 is 2.04 bits per heavy atom. The first kappa shape index (κ1) is 21.2. The fourth-order valence-corrected chi connectivity index (χ4v) is 3.75. The molecule has 0 unspecified atom stereocenters. The van der Waals surface area contributed by atoms with Gasteiger partial charge in [-0.2, -0.15) is 0 Å². The van der Waals surface area contributed by atoms with Crippen molar-refractivity contribution in [3.05, 3.63) is 33.6 Å². The summed E-state index contributed by atoms with van der Waals surface area (Å²) < 4.78 is 1.32. The molecule has 0 aliphatic heterocycles. The van der Waals surface area contributed by atoms with Crippen LogP contribution in [0.25, 0.3) is 10.9 Å². The summed E-state index contributed by atoms with van der Waals surface area (Å²) in [6.45, 7) is 5.15. The third-order valence-corrected chi connectivity index (χ3v) is 5.44. The number of hydrogen-bond donors (Lipinski definition) is 3. The van der Waals surface area contributed by atoms with E-state index in [0.29, 0.717) is 15.9 Å². The third-order valence-electron chi connectivity index (χ3n) is 3.67. The van der Waals surface area contributed by atoms with Crippen molar-refractivity contribution in [1.82, 2.24) is 14.9 Å². The number of imide groups is 1. The maximum atomic E-state index is 12.9. The number of nitrogens with one attached hydrogen (secondary N) is 1. The van der Waals surface area contributed by atoms with Crippen LogP contribution in [0.3, 0.4) is 0 Å². The summed E-state index contributed by atoms with van der Waals surface area (Å²) >= 11 is 7.03. The van der Waals surface area contributed by atoms with Crippen molar-refractivity contribution in [2.45, 2.75) is 43.8 Å². The molecule has 10 heteroatoms. The second-order valence-corrected chi connectivity index (χ2v) is 8.00. The fourth-order valence-electron chi connectivity index (χ4n) is 2.49. The number of urea groups is 1. The highest BCUT2D eigenvalue weighted by molar-refractivity contribution is 8.00. The van der Waals surface area contributed by atoms with Crippen LogP contribution in [-0.2, 0) is 11.3 Å². The van der Waals surface area contributed by atoms with Gasteiger partial charge in [-0.15, -0.1) is 0 Å². The maximum absolute atomic E-state index is 12.9. The number of aliphatic hydroxyl groups is 1. The van der Waals surface area contributed by atoms with E-state index in [1.165, 1.54) is 4.57 Å². The number of benzene rings is 1. The number of thioether (sulfide) groups is 1. The first-order valence-corrected chi connectivity index (χ1v) is 9.51. The van der Waals surface area contributed by atoms with Crippen LogP contribution in [0.15, 0.2) is 28.2 Å². The molecule has 1 aromatic heterocycles. The number of amides is 3. The molecule has 0 fully saturated rings. The van der Waals surface area contributed by atoms with E-state index in [-0.39, 0.29) is 23.2 Å². The number of carbonyl (C=O) groups excluding carboxylic acids is 2. The van der Waals surface area contributed by atoms with Crippen molar-refractivity contribution in [1.29, 1.82) is 0 Å². The first-order chi connectivity index (χ1) is 12.6. The Morgan fingerprint density at radius 3 is 2.59 bits per heavy atom. The number of fused-ring (bicyclic) bond motifs is 1. The molecule has 0 aliphatic carbocycles. The van der Waals surface area contributed by atoms with Crippen molar-refractivity contribution >= 4 is 46.2 Å². The normalized spacial score (nSPS) is 13.6. The Morgan fingerprint density at radius 1 is 1.37 bits per heavy atom. The van der Waals surface area contributed by atoms with Gasteiger partial charge >= 0.3 is 6.03 Å². The van der Waals surface area contributed by atoms with Crippen LogP contribution < -0.4 is 16.6 Å². The summed E-state index contributed by atoms with van der Waals surface area (Å²) in [5, 5.41) is 12.1. The van der Waals surface area contributed by atoms with Gasteiger partial charge in [-0.25, -0.2) is 9.78 Å². The van der Waals surface area contributed by atoms with Crippen LogP contribution in [-0.4, -0.2) is 37.9 Å². The highest BCUT2D eigenvalue weighted by Gasteiger charge is 2.27. The first-order valence-electron chi connectivity index (χ1n) is 8.25. The molecule has 146 valence electrons. The largest absolute Gasteiger partial charge is 0.392 e. The predicted octanol–water partition coefficient (Wildman–Crippen LogP) is 1.74. The highest BCUT2D eigenvalue weighted by atomic mass is 35.5. The van der Waals surface area contributed by atoms with Gasteiger partial charge in [0.15, 0.2) is 5.16 Å². The molecule has 0 bridgehead atoms. The molecule has 0 aliphatic rings. The zero-order chi connectivity index (χ0) is 20.3. The van der Waals surface area contributed by atoms with Gasteiger partial charge in [-0.05, 0) is 31.0 Å². The molecule has 0 radical (unpaired) electrons. The maximum Gasteiger partial charge on any atom is 0.318 e. The summed E-state index contributed by atoms with van der Waals surface area (Å²) in [5.41, 5.74) is 5.07. The molecular weight excluding hydrogens is 392 g/mol. The highest BCUT2D eigenvalue weighted by Crippen LogP contribution is 2.28. The standard InChI is InChI=1S/C17H21ClN4O4S/c1-8(2)13(14(24)21-16(19)26)27-17-20-12-6-10(18)4-5-11(12)15(25)22(17)7-9(3)23/h4-6,8-9,13,23H,7H2,1-3H3,(H3,19,21,24,26)/t9-,13-/m1/s1. The van der Waals surface area contributed by atoms with E-state index in [9.17, 15) is 19.5 Å². The van der Waals surface area contributed by atoms with E-state index in [1.54, 1.807) is 39.0 Å². The summed E-state index contributed by atoms with van der Waals surface area (Å²) in [5.74, 6) is -0.757. The molecule has 8 nitrogen and oxygen atoms in total. The van der Waals surface area contributed by atoms with E-state index in [0.717, 1.165) is 11.8 Å². The molecule has 27 heavy (non-hydrogen) atoms. The van der Waals surface area contributed by atoms with Crippen LogP contribution in [0.5, 0.6) is 0 Å². The number of halogens is 1. The van der Waals surface area contributed by atoms with Crippen LogP contribution in [0, 0.1) is 5.92 Å². The molecule has 4 N–H and O–H groups in total. The average molecular weight is 413 g/mol. The number of aliphatic hydroxyl groups excluding tert-OH is 1. The van der Waals surface area contributed by atoms with Gasteiger partial charge in [-0.1, -0.05) is 37.2 Å². The predicted molar refractivity (Wildman–Crippen MR) is 105 cm³/mol. The molecule has 0 spiro atoms. The van der Waals surface area contributed by atoms with Crippen LogP contribution in [0.2, 0.25) is 5.02 Å². The van der Waals surface area contributed by atoms with E-state index >= 15 is 0 Å². The van der Waals surface area contributed by atoms with Crippen LogP contribution in [0.4, 0.5) is 4.79 Å². The van der Waals surface area contributed by atoms with Gasteiger partial charge in [-0.3, -0.25) is 19.5 Å². The van der Waals surface area contributed by atoms with Crippen molar-refractivity contribution in [3.8, 4) is 0 Å². The Balaban J connectivity index is 2.58. The average Bonchev–Trinajstić information content (AvgIpc) is 2.54. The molecular formula is C17H21ClN4O4S. The Kier molecular flexibility index (Phi) is 6.85. The quantitative estimate of drug-likeness (QED) is 0.489. The summed E-state index contributed by atoms with van der Waals surface area (Å²) in [7, 11) is 0. The minimum atomic E-state index is -0.953. The number of rotatable bonds is 6. The smallest absolute Gasteiger partial charge is 0.318 e.